The van der Waals surface area contributed by atoms with Crippen LogP contribution in [0.5, 0.6) is 11.5 Å². The van der Waals surface area contributed by atoms with Gasteiger partial charge in [0.05, 0.1) is 25.5 Å². The van der Waals surface area contributed by atoms with Crippen LogP contribution in [-0.2, 0) is 9.59 Å². The van der Waals surface area contributed by atoms with E-state index in [1.807, 2.05) is 68.4 Å². The zero-order valence-electron chi connectivity index (χ0n) is 19.9. The van der Waals surface area contributed by atoms with Gasteiger partial charge in [-0.2, -0.15) is 0 Å². The van der Waals surface area contributed by atoms with Crippen LogP contribution in [0.15, 0.2) is 72.4 Å². The maximum atomic E-state index is 13.7. The summed E-state index contributed by atoms with van der Waals surface area (Å²) in [5.74, 6) is 0.271. The number of hydrogen-bond donors (Lipinski definition) is 1. The summed E-state index contributed by atoms with van der Waals surface area (Å²) in [6, 6.07) is 20.1. The zero-order valence-corrected chi connectivity index (χ0v) is 19.9. The second-order valence-corrected chi connectivity index (χ2v) is 8.17. The summed E-state index contributed by atoms with van der Waals surface area (Å²) in [5, 5.41) is 3.17. The third-order valence-corrected chi connectivity index (χ3v) is 5.68. The summed E-state index contributed by atoms with van der Waals surface area (Å²) in [6.45, 7) is 1.97. The summed E-state index contributed by atoms with van der Waals surface area (Å²) in [4.78, 5) is 30.4. The number of nitrogens with one attached hydrogen (secondary N) is 1. The van der Waals surface area contributed by atoms with Crippen LogP contribution in [0.25, 0.3) is 5.57 Å². The second kappa shape index (κ2) is 9.31. The van der Waals surface area contributed by atoms with Crippen molar-refractivity contribution in [2.45, 2.75) is 6.92 Å². The molecule has 0 spiro atoms. The molecule has 1 N–H and O–H groups in total. The van der Waals surface area contributed by atoms with Crippen molar-refractivity contribution in [2.75, 3.05) is 43.4 Å². The van der Waals surface area contributed by atoms with Crippen LogP contribution in [0.3, 0.4) is 0 Å². The number of methoxy groups -OCH3 is 2. The largest absolute Gasteiger partial charge is 0.493 e. The molecule has 0 radical (unpaired) electrons. The van der Waals surface area contributed by atoms with E-state index in [9.17, 15) is 9.59 Å². The fourth-order valence-corrected chi connectivity index (χ4v) is 3.84. The summed E-state index contributed by atoms with van der Waals surface area (Å²) in [7, 11) is 6.92. The highest BCUT2D eigenvalue weighted by molar-refractivity contribution is 6.46. The minimum Gasteiger partial charge on any atom is -0.493 e. The Hall–Kier alpha value is -4.26. The summed E-state index contributed by atoms with van der Waals surface area (Å²) >= 11 is 0. The van der Waals surface area contributed by atoms with Crippen molar-refractivity contribution < 1.29 is 19.1 Å². The molecule has 34 heavy (non-hydrogen) atoms. The molecule has 0 fully saturated rings. The van der Waals surface area contributed by atoms with Crippen LogP contribution in [0.1, 0.15) is 11.1 Å². The predicted octanol–water partition coefficient (Wildman–Crippen LogP) is 4.47. The number of carbonyl (C=O) groups excluding carboxylic acids is 2. The van der Waals surface area contributed by atoms with Gasteiger partial charge in [0.2, 0.25) is 0 Å². The minimum atomic E-state index is -0.425. The molecule has 0 aromatic heterocycles. The van der Waals surface area contributed by atoms with Gasteiger partial charge in [-0.3, -0.25) is 9.59 Å². The Morgan fingerprint density at radius 3 is 2.18 bits per heavy atom. The number of nitrogens with zero attached hydrogens (tertiary/aromatic N) is 2. The van der Waals surface area contributed by atoms with Crippen molar-refractivity contribution in [3.8, 4) is 11.5 Å². The van der Waals surface area contributed by atoms with Crippen molar-refractivity contribution in [2.24, 2.45) is 0 Å². The summed E-state index contributed by atoms with van der Waals surface area (Å²) in [5.41, 5.74) is 4.24. The highest BCUT2D eigenvalue weighted by atomic mass is 16.5. The molecular formula is C27H27N3O4. The van der Waals surface area contributed by atoms with Crippen molar-refractivity contribution in [3.05, 3.63) is 83.6 Å². The first-order valence-electron chi connectivity index (χ1n) is 10.8. The summed E-state index contributed by atoms with van der Waals surface area (Å²) < 4.78 is 10.7. The van der Waals surface area contributed by atoms with Crippen molar-refractivity contribution in [3.63, 3.8) is 0 Å². The molecule has 0 bridgehead atoms. The molecule has 7 nitrogen and oxygen atoms in total. The predicted molar refractivity (Wildman–Crippen MR) is 135 cm³/mol. The van der Waals surface area contributed by atoms with E-state index < -0.39 is 5.91 Å². The number of imide groups is 1. The number of benzene rings is 3. The maximum absolute atomic E-state index is 13.7. The van der Waals surface area contributed by atoms with Gasteiger partial charge in [0.15, 0.2) is 11.5 Å². The quantitative estimate of drug-likeness (QED) is 0.528. The van der Waals surface area contributed by atoms with Gasteiger partial charge in [-0.1, -0.05) is 35.9 Å². The monoisotopic (exact) mass is 457 g/mol. The van der Waals surface area contributed by atoms with E-state index in [1.54, 1.807) is 38.5 Å². The molecule has 3 aromatic rings. The van der Waals surface area contributed by atoms with E-state index in [-0.39, 0.29) is 11.6 Å². The van der Waals surface area contributed by atoms with Gasteiger partial charge in [-0.05, 0) is 42.8 Å². The Labute approximate surface area is 199 Å². The van der Waals surface area contributed by atoms with Gasteiger partial charge in [0.25, 0.3) is 11.8 Å². The second-order valence-electron chi connectivity index (χ2n) is 8.17. The molecule has 7 heteroatoms. The van der Waals surface area contributed by atoms with Gasteiger partial charge in [-0.25, -0.2) is 4.90 Å². The van der Waals surface area contributed by atoms with Gasteiger partial charge >= 0.3 is 0 Å². The van der Waals surface area contributed by atoms with Crippen LogP contribution in [-0.4, -0.2) is 40.1 Å². The third-order valence-electron chi connectivity index (χ3n) is 5.68. The summed E-state index contributed by atoms with van der Waals surface area (Å²) in [6.07, 6.45) is 0. The molecule has 0 aliphatic carbocycles. The highest BCUT2D eigenvalue weighted by Crippen LogP contribution is 2.36. The normalized spacial score (nSPS) is 13.4. The fourth-order valence-electron chi connectivity index (χ4n) is 3.84. The van der Waals surface area contributed by atoms with Gasteiger partial charge in [0, 0.05) is 31.5 Å². The van der Waals surface area contributed by atoms with E-state index >= 15 is 0 Å². The number of ether oxygens (including phenoxy) is 2. The molecule has 0 saturated heterocycles. The lowest BCUT2D eigenvalue weighted by Gasteiger charge is -2.19. The number of anilines is 3. The first-order chi connectivity index (χ1) is 16.3. The Balaban J connectivity index is 1.81. The lowest BCUT2D eigenvalue weighted by Crippen LogP contribution is -2.32. The van der Waals surface area contributed by atoms with Gasteiger partial charge in [0.1, 0.15) is 5.70 Å². The van der Waals surface area contributed by atoms with E-state index in [4.69, 9.17) is 9.47 Å². The Morgan fingerprint density at radius 2 is 1.53 bits per heavy atom. The third kappa shape index (κ3) is 4.20. The lowest BCUT2D eigenvalue weighted by atomic mass is 10.0. The standard InChI is InChI=1S/C27H27N3O4/c1-17-9-11-18(12-10-17)24-25(28-19-13-14-22(33-4)23(15-19)34-5)27(32)30(26(24)31)21-8-6-7-20(16-21)29(2)3/h6-16,28H,1-5H3. The zero-order chi connectivity index (χ0) is 24.4. The molecule has 1 aliphatic rings. The van der Waals surface area contributed by atoms with Gasteiger partial charge < -0.3 is 19.7 Å². The van der Waals surface area contributed by atoms with Crippen LogP contribution >= 0.6 is 0 Å². The van der Waals surface area contributed by atoms with Crippen LogP contribution in [0, 0.1) is 6.92 Å². The van der Waals surface area contributed by atoms with Crippen LogP contribution in [0.2, 0.25) is 0 Å². The molecule has 174 valence electrons. The Morgan fingerprint density at radius 1 is 0.824 bits per heavy atom. The molecule has 2 amide bonds. The first kappa shape index (κ1) is 22.9. The van der Waals surface area contributed by atoms with E-state index in [1.165, 1.54) is 4.90 Å². The van der Waals surface area contributed by atoms with Crippen molar-refractivity contribution in [1.29, 1.82) is 0 Å². The molecule has 0 atom stereocenters. The molecule has 1 heterocycles. The van der Waals surface area contributed by atoms with E-state index in [2.05, 4.69) is 5.32 Å². The van der Waals surface area contributed by atoms with E-state index in [0.29, 0.717) is 34.0 Å². The lowest BCUT2D eigenvalue weighted by molar-refractivity contribution is -0.120. The average molecular weight is 458 g/mol. The van der Waals surface area contributed by atoms with Crippen LogP contribution in [0.4, 0.5) is 17.1 Å². The van der Waals surface area contributed by atoms with Crippen molar-refractivity contribution >= 4 is 34.4 Å². The van der Waals surface area contributed by atoms with Crippen molar-refractivity contribution in [1.82, 2.24) is 0 Å². The Bertz CT molecular complexity index is 1280. The average Bonchev–Trinajstić information content (AvgIpc) is 3.08. The SMILES string of the molecule is COc1ccc(NC2=C(c3ccc(C)cc3)C(=O)N(c3cccc(N(C)C)c3)C2=O)cc1OC. The topological polar surface area (TPSA) is 71.1 Å². The number of carbonyl (C=O) groups is 2. The Kier molecular flexibility index (Phi) is 6.27. The smallest absolute Gasteiger partial charge is 0.282 e. The molecular weight excluding hydrogens is 430 g/mol. The number of amides is 2. The molecule has 0 unspecified atom stereocenters. The molecule has 3 aromatic carbocycles. The van der Waals surface area contributed by atoms with E-state index in [0.717, 1.165) is 11.3 Å². The maximum Gasteiger partial charge on any atom is 0.282 e. The number of aryl methyl sites for hydroxylation is 1. The molecule has 1 aliphatic heterocycles. The van der Waals surface area contributed by atoms with Crippen LogP contribution < -0.4 is 24.6 Å². The fraction of sp³-hybridized carbons (Fsp3) is 0.185. The first-order valence-corrected chi connectivity index (χ1v) is 10.8. The highest BCUT2D eigenvalue weighted by Gasteiger charge is 2.40. The van der Waals surface area contributed by atoms with Gasteiger partial charge in [-0.15, -0.1) is 0 Å². The number of hydrogen-bond acceptors (Lipinski definition) is 6. The molecule has 0 saturated carbocycles. The number of rotatable bonds is 7. The molecule has 4 rings (SSSR count). The minimum absolute atomic E-state index is 0.205.